The summed E-state index contributed by atoms with van der Waals surface area (Å²) in [7, 11) is 0. The van der Waals surface area contributed by atoms with Gasteiger partial charge in [0, 0.05) is 16.1 Å². The minimum atomic E-state index is 0. The van der Waals surface area contributed by atoms with Gasteiger partial charge in [-0.15, -0.1) is 24.0 Å². The molecule has 1 aliphatic carbocycles. The third kappa shape index (κ3) is 4.61. The molecule has 0 heterocycles. The molecule has 3 nitrogen and oxygen atoms in total. The number of hydrogen-bond donors (Lipinski definition) is 2. The van der Waals surface area contributed by atoms with E-state index in [9.17, 15) is 0 Å². The Morgan fingerprint density at radius 1 is 1.22 bits per heavy atom. The van der Waals surface area contributed by atoms with Gasteiger partial charge in [-0.1, -0.05) is 35.9 Å². The van der Waals surface area contributed by atoms with Gasteiger partial charge in [0.05, 0.1) is 6.54 Å². The molecular weight excluding hydrogens is 421 g/mol. The van der Waals surface area contributed by atoms with Crippen LogP contribution in [0.15, 0.2) is 53.5 Å². The molecule has 3 rings (SSSR count). The van der Waals surface area contributed by atoms with E-state index in [0.29, 0.717) is 12.5 Å². The van der Waals surface area contributed by atoms with E-state index >= 15 is 0 Å². The first kappa shape index (κ1) is 18.1. The van der Waals surface area contributed by atoms with Gasteiger partial charge in [0.2, 0.25) is 0 Å². The number of aryl methyl sites for hydroxylation is 1. The topological polar surface area (TPSA) is 50.4 Å². The summed E-state index contributed by atoms with van der Waals surface area (Å²) in [6.45, 7) is 2.74. The molecule has 0 radical (unpaired) electrons. The summed E-state index contributed by atoms with van der Waals surface area (Å²) >= 11 is 6.09. The van der Waals surface area contributed by atoms with Crippen LogP contribution >= 0.6 is 35.6 Å². The van der Waals surface area contributed by atoms with Gasteiger partial charge in [-0.25, -0.2) is 0 Å². The Balaban J connectivity index is 0.00000192. The van der Waals surface area contributed by atoms with Gasteiger partial charge in [0.25, 0.3) is 0 Å². The van der Waals surface area contributed by atoms with E-state index in [2.05, 4.69) is 29.4 Å². The first-order valence-corrected chi connectivity index (χ1v) is 7.85. The van der Waals surface area contributed by atoms with Gasteiger partial charge in [-0.3, -0.25) is 4.99 Å². The zero-order chi connectivity index (χ0) is 15.6. The summed E-state index contributed by atoms with van der Waals surface area (Å²) in [5.74, 6) is 0.457. The molecule has 2 aromatic rings. The molecule has 0 bridgehead atoms. The molecule has 0 atom stereocenters. The molecule has 23 heavy (non-hydrogen) atoms. The summed E-state index contributed by atoms with van der Waals surface area (Å²) in [5.41, 5.74) is 9.54. The number of nitrogens with one attached hydrogen (secondary N) is 1. The zero-order valence-corrected chi connectivity index (χ0v) is 16.1. The summed E-state index contributed by atoms with van der Waals surface area (Å²) in [4.78, 5) is 4.53. The van der Waals surface area contributed by atoms with Crippen LogP contribution in [0.5, 0.6) is 0 Å². The second kappa shape index (κ2) is 7.53. The number of nitrogens with zero attached hydrogens (tertiary/aromatic N) is 1. The molecule has 3 N–H and O–H groups in total. The van der Waals surface area contributed by atoms with E-state index in [1.54, 1.807) is 0 Å². The van der Waals surface area contributed by atoms with Gasteiger partial charge >= 0.3 is 0 Å². The van der Waals surface area contributed by atoms with E-state index in [-0.39, 0.29) is 29.4 Å². The van der Waals surface area contributed by atoms with Crippen molar-refractivity contribution in [2.75, 3.05) is 11.9 Å². The first-order chi connectivity index (χ1) is 10.6. The summed E-state index contributed by atoms with van der Waals surface area (Å²) in [6.07, 6.45) is 2.27. The number of aliphatic imine (C=N–C) groups is 1. The Labute approximate surface area is 159 Å². The maximum Gasteiger partial charge on any atom is 0.193 e. The zero-order valence-electron chi connectivity index (χ0n) is 13.1. The number of nitrogens with two attached hydrogens (primary N) is 1. The lowest BCUT2D eigenvalue weighted by molar-refractivity contribution is 0.705. The average Bonchev–Trinajstić information content (AvgIpc) is 3.26. The minimum Gasteiger partial charge on any atom is -0.370 e. The Kier molecular flexibility index (Phi) is 5.92. The predicted octanol–water partition coefficient (Wildman–Crippen LogP) is 4.72. The molecule has 2 aromatic carbocycles. The van der Waals surface area contributed by atoms with Crippen LogP contribution in [0.3, 0.4) is 0 Å². The van der Waals surface area contributed by atoms with Crippen molar-refractivity contribution in [3.63, 3.8) is 0 Å². The fraction of sp³-hybridized carbons (Fsp3) is 0.278. The van der Waals surface area contributed by atoms with Crippen molar-refractivity contribution in [1.29, 1.82) is 0 Å². The van der Waals surface area contributed by atoms with Crippen LogP contribution in [0.4, 0.5) is 5.69 Å². The highest BCUT2D eigenvalue weighted by Crippen LogP contribution is 2.48. The van der Waals surface area contributed by atoms with Crippen molar-refractivity contribution in [2.24, 2.45) is 10.7 Å². The molecule has 1 fully saturated rings. The van der Waals surface area contributed by atoms with Gasteiger partial charge in [-0.05, 0) is 55.2 Å². The Bertz CT molecular complexity index is 711. The molecule has 0 unspecified atom stereocenters. The number of halogens is 2. The maximum atomic E-state index is 6.09. The van der Waals surface area contributed by atoms with E-state index in [4.69, 9.17) is 17.3 Å². The van der Waals surface area contributed by atoms with Gasteiger partial charge in [0.15, 0.2) is 5.96 Å². The maximum absolute atomic E-state index is 6.09. The summed E-state index contributed by atoms with van der Waals surface area (Å²) in [5, 5.41) is 3.92. The Morgan fingerprint density at radius 3 is 2.61 bits per heavy atom. The number of anilines is 1. The SMILES string of the molecule is Cc1cccc(NC(N)=NCC2(c3cccc(Cl)c3)CC2)c1.I. The molecule has 0 aliphatic heterocycles. The van der Waals surface area contributed by atoms with Gasteiger partial charge in [0.1, 0.15) is 0 Å². The summed E-state index contributed by atoms with van der Waals surface area (Å²) in [6, 6.07) is 16.1. The van der Waals surface area contributed by atoms with Gasteiger partial charge < -0.3 is 11.1 Å². The molecular formula is C18H21ClIN3. The normalized spacial score (nSPS) is 15.7. The number of rotatable bonds is 4. The van der Waals surface area contributed by atoms with Crippen LogP contribution in [-0.2, 0) is 5.41 Å². The van der Waals surface area contributed by atoms with Crippen molar-refractivity contribution >= 4 is 47.2 Å². The first-order valence-electron chi connectivity index (χ1n) is 7.47. The summed E-state index contributed by atoms with van der Waals surface area (Å²) < 4.78 is 0. The fourth-order valence-electron chi connectivity index (χ4n) is 2.65. The third-order valence-corrected chi connectivity index (χ3v) is 4.37. The molecule has 0 saturated heterocycles. The molecule has 0 aromatic heterocycles. The van der Waals surface area contributed by atoms with Crippen LogP contribution in [0, 0.1) is 6.92 Å². The number of hydrogen-bond acceptors (Lipinski definition) is 1. The minimum absolute atomic E-state index is 0. The van der Waals surface area contributed by atoms with Crippen molar-refractivity contribution in [3.05, 3.63) is 64.7 Å². The monoisotopic (exact) mass is 441 g/mol. The van der Waals surface area contributed by atoms with Crippen LogP contribution in [0.25, 0.3) is 0 Å². The molecule has 122 valence electrons. The smallest absolute Gasteiger partial charge is 0.193 e. The van der Waals surface area contributed by atoms with E-state index in [1.165, 1.54) is 11.1 Å². The molecule has 1 saturated carbocycles. The second-order valence-corrected chi connectivity index (χ2v) is 6.42. The lowest BCUT2D eigenvalue weighted by atomic mass is 9.96. The highest BCUT2D eigenvalue weighted by molar-refractivity contribution is 14.0. The number of guanidine groups is 1. The van der Waals surface area contributed by atoms with Crippen LogP contribution in [0.1, 0.15) is 24.0 Å². The highest BCUT2D eigenvalue weighted by Gasteiger charge is 2.44. The Morgan fingerprint density at radius 2 is 1.96 bits per heavy atom. The third-order valence-electron chi connectivity index (χ3n) is 4.13. The van der Waals surface area contributed by atoms with Crippen molar-refractivity contribution in [3.8, 4) is 0 Å². The van der Waals surface area contributed by atoms with Crippen LogP contribution in [0.2, 0.25) is 5.02 Å². The molecule has 0 amide bonds. The largest absolute Gasteiger partial charge is 0.370 e. The molecule has 1 aliphatic rings. The van der Waals surface area contributed by atoms with Crippen molar-refractivity contribution in [1.82, 2.24) is 0 Å². The van der Waals surface area contributed by atoms with Crippen molar-refractivity contribution in [2.45, 2.75) is 25.2 Å². The lowest BCUT2D eigenvalue weighted by Crippen LogP contribution is -2.25. The van der Waals surface area contributed by atoms with Crippen LogP contribution in [-0.4, -0.2) is 12.5 Å². The highest BCUT2D eigenvalue weighted by atomic mass is 127. The van der Waals surface area contributed by atoms with E-state index in [0.717, 1.165) is 23.6 Å². The number of benzene rings is 2. The average molecular weight is 442 g/mol. The quantitative estimate of drug-likeness (QED) is 0.410. The molecule has 0 spiro atoms. The van der Waals surface area contributed by atoms with Gasteiger partial charge in [-0.2, -0.15) is 0 Å². The fourth-order valence-corrected chi connectivity index (χ4v) is 2.84. The van der Waals surface area contributed by atoms with Crippen molar-refractivity contribution < 1.29 is 0 Å². The van der Waals surface area contributed by atoms with Crippen LogP contribution < -0.4 is 11.1 Å². The van der Waals surface area contributed by atoms with E-state index in [1.807, 2.05) is 36.4 Å². The lowest BCUT2D eigenvalue weighted by Gasteiger charge is -2.14. The Hall–Kier alpha value is -1.27. The standard InChI is InChI=1S/C18H20ClN3.HI/c1-13-4-2-7-16(10-13)22-17(20)21-12-18(8-9-18)14-5-3-6-15(19)11-14;/h2-7,10-11H,8-9,12H2,1H3,(H3,20,21,22);1H. The molecule has 5 heteroatoms. The van der Waals surface area contributed by atoms with E-state index < -0.39 is 0 Å². The second-order valence-electron chi connectivity index (χ2n) is 5.99. The predicted molar refractivity (Wildman–Crippen MR) is 109 cm³/mol.